The molecular formula is C27H24Cl2FN9S. The Morgan fingerprint density at radius 1 is 1.12 bits per heavy atom. The van der Waals surface area contributed by atoms with Gasteiger partial charge in [-0.05, 0) is 57.4 Å². The topological polar surface area (TPSA) is 108 Å². The van der Waals surface area contributed by atoms with Gasteiger partial charge in [-0.15, -0.1) is 16.4 Å². The summed E-state index contributed by atoms with van der Waals surface area (Å²) in [6.45, 7) is 1.68. The summed E-state index contributed by atoms with van der Waals surface area (Å²) < 4.78 is 15.6. The van der Waals surface area contributed by atoms with E-state index < -0.39 is 11.9 Å². The largest absolute Gasteiger partial charge is 0.371 e. The van der Waals surface area contributed by atoms with Gasteiger partial charge in [0.15, 0.2) is 0 Å². The van der Waals surface area contributed by atoms with Crippen LogP contribution in [0.2, 0.25) is 10.0 Å². The zero-order chi connectivity index (χ0) is 28.2. The number of thiazole rings is 1. The van der Waals surface area contributed by atoms with Gasteiger partial charge in [0.05, 0.1) is 44.2 Å². The van der Waals surface area contributed by atoms with Crippen molar-refractivity contribution in [3.63, 3.8) is 0 Å². The van der Waals surface area contributed by atoms with Crippen molar-refractivity contribution in [1.29, 1.82) is 5.26 Å². The van der Waals surface area contributed by atoms with Crippen LogP contribution in [0.15, 0.2) is 53.6 Å². The van der Waals surface area contributed by atoms with Gasteiger partial charge in [0.25, 0.3) is 0 Å². The second kappa shape index (κ2) is 12.1. The number of nitrogens with one attached hydrogen (secondary N) is 2. The molecule has 0 saturated carbocycles. The van der Waals surface area contributed by atoms with E-state index in [9.17, 15) is 9.65 Å². The highest BCUT2D eigenvalue weighted by molar-refractivity contribution is 7.07. The van der Waals surface area contributed by atoms with E-state index in [0.717, 1.165) is 25.2 Å². The number of anilines is 3. The second-order valence-electron chi connectivity index (χ2n) is 9.32. The number of aryl methyl sites for hydroxylation is 1. The first-order valence-corrected chi connectivity index (χ1v) is 14.0. The molecule has 0 aliphatic heterocycles. The maximum absolute atomic E-state index is 13.7. The van der Waals surface area contributed by atoms with E-state index in [1.807, 2.05) is 36.4 Å². The molecule has 0 unspecified atom stereocenters. The molecule has 0 amide bonds. The number of fused-ring (bicyclic) bond motifs is 1. The quantitative estimate of drug-likeness (QED) is 0.188. The predicted octanol–water partition coefficient (Wildman–Crippen LogP) is 6.50. The van der Waals surface area contributed by atoms with E-state index in [-0.39, 0.29) is 10.6 Å². The number of halogens is 3. The Morgan fingerprint density at radius 2 is 1.95 bits per heavy atom. The zero-order valence-corrected chi connectivity index (χ0v) is 23.9. The normalized spacial score (nSPS) is 12.0. The first-order valence-electron chi connectivity index (χ1n) is 12.3. The molecule has 0 fully saturated rings. The number of nitrogens with zero attached hydrogens (tertiary/aromatic N) is 7. The summed E-state index contributed by atoms with van der Waals surface area (Å²) in [5.41, 5.74) is 5.68. The zero-order valence-electron chi connectivity index (χ0n) is 21.6. The van der Waals surface area contributed by atoms with Gasteiger partial charge in [0.2, 0.25) is 0 Å². The van der Waals surface area contributed by atoms with Crippen molar-refractivity contribution in [1.82, 2.24) is 29.9 Å². The van der Waals surface area contributed by atoms with E-state index >= 15 is 0 Å². The van der Waals surface area contributed by atoms with Crippen LogP contribution < -0.4 is 10.6 Å². The molecule has 5 aromatic rings. The first kappa shape index (κ1) is 27.7. The Balaban J connectivity index is 1.52. The Labute approximate surface area is 244 Å². The molecule has 204 valence electrons. The smallest absolute Gasteiger partial charge is 0.141 e. The summed E-state index contributed by atoms with van der Waals surface area (Å²) in [6.07, 6.45) is 4.30. The number of benzene rings is 2. The van der Waals surface area contributed by atoms with Crippen LogP contribution in [-0.2, 0) is 6.54 Å². The van der Waals surface area contributed by atoms with E-state index in [2.05, 4.69) is 41.9 Å². The van der Waals surface area contributed by atoms with Gasteiger partial charge in [0.1, 0.15) is 23.6 Å². The van der Waals surface area contributed by atoms with Crippen LogP contribution in [0.25, 0.3) is 10.9 Å². The van der Waals surface area contributed by atoms with E-state index in [1.54, 1.807) is 17.6 Å². The van der Waals surface area contributed by atoms with Crippen LogP contribution >= 0.6 is 34.5 Å². The minimum atomic E-state index is -0.537. The highest BCUT2D eigenvalue weighted by Crippen LogP contribution is 2.37. The molecule has 1 atom stereocenters. The van der Waals surface area contributed by atoms with Crippen molar-refractivity contribution >= 4 is 62.5 Å². The molecule has 0 aliphatic carbocycles. The molecule has 2 N–H and O–H groups in total. The SMILES string of the molecule is CN(C)CCCn1cc([C@@H](Nc2cc(Cl)c3ncc(C#N)c(Nc4ccc(F)c(Cl)c4)c3c2)c2cscn2)nn1. The van der Waals surface area contributed by atoms with Crippen molar-refractivity contribution in [3.05, 3.63) is 86.4 Å². The van der Waals surface area contributed by atoms with Gasteiger partial charge >= 0.3 is 0 Å². The third-order valence-electron chi connectivity index (χ3n) is 6.14. The van der Waals surface area contributed by atoms with Crippen LogP contribution in [0.5, 0.6) is 0 Å². The Kier molecular flexibility index (Phi) is 8.42. The summed E-state index contributed by atoms with van der Waals surface area (Å²) in [7, 11) is 4.07. The summed E-state index contributed by atoms with van der Waals surface area (Å²) in [5.74, 6) is -0.537. The molecule has 9 nitrogen and oxygen atoms in total. The van der Waals surface area contributed by atoms with Gasteiger partial charge in [-0.25, -0.2) is 9.37 Å². The van der Waals surface area contributed by atoms with E-state index in [4.69, 9.17) is 23.2 Å². The lowest BCUT2D eigenvalue weighted by atomic mass is 10.1. The predicted molar refractivity (Wildman–Crippen MR) is 157 cm³/mol. The van der Waals surface area contributed by atoms with E-state index in [0.29, 0.717) is 38.7 Å². The minimum absolute atomic E-state index is 0.0388. The van der Waals surface area contributed by atoms with Gasteiger partial charge in [-0.1, -0.05) is 28.4 Å². The van der Waals surface area contributed by atoms with Gasteiger partial charge in [-0.2, -0.15) is 5.26 Å². The monoisotopic (exact) mass is 595 g/mol. The fraction of sp³-hybridized carbons (Fsp3) is 0.222. The summed E-state index contributed by atoms with van der Waals surface area (Å²) in [6, 6.07) is 9.62. The maximum atomic E-state index is 13.7. The molecule has 2 aromatic carbocycles. The fourth-order valence-corrected chi connectivity index (χ4v) is 5.24. The van der Waals surface area contributed by atoms with Crippen LogP contribution in [0.4, 0.5) is 21.5 Å². The maximum Gasteiger partial charge on any atom is 0.141 e. The van der Waals surface area contributed by atoms with E-state index in [1.165, 1.54) is 29.7 Å². The lowest BCUT2D eigenvalue weighted by molar-refractivity contribution is 0.379. The number of hydrogen-bond acceptors (Lipinski definition) is 9. The molecular weight excluding hydrogens is 572 g/mol. The van der Waals surface area contributed by atoms with Crippen molar-refractivity contribution in [2.75, 3.05) is 31.3 Å². The Bertz CT molecular complexity index is 1680. The molecule has 0 radical (unpaired) electrons. The molecule has 40 heavy (non-hydrogen) atoms. The number of aromatic nitrogens is 5. The van der Waals surface area contributed by atoms with Crippen molar-refractivity contribution in [3.8, 4) is 6.07 Å². The van der Waals surface area contributed by atoms with Crippen LogP contribution in [-0.4, -0.2) is 50.5 Å². The third kappa shape index (κ3) is 6.16. The lowest BCUT2D eigenvalue weighted by Gasteiger charge is -2.18. The molecule has 0 saturated heterocycles. The summed E-state index contributed by atoms with van der Waals surface area (Å²) in [4.78, 5) is 11.0. The fourth-order valence-electron chi connectivity index (χ4n) is 4.21. The molecule has 3 aromatic heterocycles. The van der Waals surface area contributed by atoms with Gasteiger partial charge < -0.3 is 15.5 Å². The van der Waals surface area contributed by atoms with Crippen molar-refractivity contribution < 1.29 is 4.39 Å². The van der Waals surface area contributed by atoms with Gasteiger partial charge in [0, 0.05) is 34.9 Å². The van der Waals surface area contributed by atoms with Crippen LogP contribution in [0.1, 0.15) is 29.4 Å². The lowest BCUT2D eigenvalue weighted by Crippen LogP contribution is -2.15. The molecule has 0 bridgehead atoms. The highest BCUT2D eigenvalue weighted by atomic mass is 35.5. The molecule has 0 aliphatic rings. The Hall–Kier alpha value is -3.82. The molecule has 3 heterocycles. The Morgan fingerprint density at radius 3 is 2.67 bits per heavy atom. The molecule has 13 heteroatoms. The third-order valence-corrected chi connectivity index (χ3v) is 7.32. The van der Waals surface area contributed by atoms with Crippen molar-refractivity contribution in [2.45, 2.75) is 19.0 Å². The number of rotatable bonds is 10. The minimum Gasteiger partial charge on any atom is -0.371 e. The molecule has 0 spiro atoms. The van der Waals surface area contributed by atoms with Gasteiger partial charge in [-0.3, -0.25) is 9.67 Å². The number of hydrogen-bond donors (Lipinski definition) is 2. The highest BCUT2D eigenvalue weighted by Gasteiger charge is 2.22. The van der Waals surface area contributed by atoms with Crippen molar-refractivity contribution in [2.24, 2.45) is 0 Å². The van der Waals surface area contributed by atoms with Crippen LogP contribution in [0.3, 0.4) is 0 Å². The standard InChI is InChI=1S/C27H24Cl2FN9S/c1-38(2)6-3-7-39-13-23(36-37-39)27(24-14-40-15-33-24)35-18-8-19-25(34-17-4-5-22(30)20(28)9-17)16(11-31)12-32-26(19)21(29)10-18/h4-5,8-10,12-15,27,35H,3,6-7H2,1-2H3,(H,32,34)/t27-/m1/s1. The second-order valence-corrected chi connectivity index (χ2v) is 10.9. The average Bonchev–Trinajstić information content (AvgIpc) is 3.62. The number of pyridine rings is 1. The summed E-state index contributed by atoms with van der Waals surface area (Å²) >= 11 is 14.2. The average molecular weight is 597 g/mol. The van der Waals surface area contributed by atoms with Crippen LogP contribution in [0, 0.1) is 17.1 Å². The summed E-state index contributed by atoms with van der Waals surface area (Å²) in [5, 5.41) is 28.1. The molecule has 5 rings (SSSR count). The first-order chi connectivity index (χ1) is 19.3. The number of nitriles is 1.